The molecule has 2 aliphatic heterocycles. The Kier molecular flexibility index (Phi) is 5.27. The molecule has 4 heterocycles. The second kappa shape index (κ2) is 8.27. The van der Waals surface area contributed by atoms with E-state index in [4.69, 9.17) is 20.3 Å². The first-order valence-electron chi connectivity index (χ1n) is 10.9. The van der Waals surface area contributed by atoms with Gasteiger partial charge < -0.3 is 25.0 Å². The minimum Gasteiger partial charge on any atom is -0.497 e. The molecule has 0 bridgehead atoms. The lowest BCUT2D eigenvalue weighted by Crippen LogP contribution is -2.45. The van der Waals surface area contributed by atoms with Crippen molar-refractivity contribution in [2.75, 3.05) is 51.0 Å². The van der Waals surface area contributed by atoms with Gasteiger partial charge in [0.05, 0.1) is 20.3 Å². The van der Waals surface area contributed by atoms with Gasteiger partial charge in [-0.05, 0) is 30.2 Å². The molecule has 1 atom stereocenters. The van der Waals surface area contributed by atoms with E-state index in [1.807, 2.05) is 22.9 Å². The number of carbonyl (C=O) groups is 1. The monoisotopic (exact) mass is 449 g/mol. The Bertz CT molecular complexity index is 1200. The predicted octanol–water partition coefficient (Wildman–Crippen LogP) is 1.99. The summed E-state index contributed by atoms with van der Waals surface area (Å²) >= 11 is 0. The lowest BCUT2D eigenvalue weighted by atomic mass is 9.91. The van der Waals surface area contributed by atoms with Crippen LogP contribution in [0.2, 0.25) is 0 Å². The molecule has 10 heteroatoms. The number of aromatic nitrogens is 4. The third-order valence-corrected chi connectivity index (χ3v) is 6.52. The summed E-state index contributed by atoms with van der Waals surface area (Å²) in [6.07, 6.45) is 3.61. The van der Waals surface area contributed by atoms with Crippen molar-refractivity contribution < 1.29 is 14.3 Å². The largest absolute Gasteiger partial charge is 0.497 e. The van der Waals surface area contributed by atoms with Crippen LogP contribution in [0.1, 0.15) is 23.9 Å². The van der Waals surface area contributed by atoms with E-state index >= 15 is 0 Å². The normalized spacial score (nSPS) is 18.4. The molecule has 2 aromatic heterocycles. The third kappa shape index (κ3) is 3.61. The number of nitrogen functional groups attached to an aromatic ring is 1. The summed E-state index contributed by atoms with van der Waals surface area (Å²) in [5, 5.41) is 5.67. The van der Waals surface area contributed by atoms with E-state index in [9.17, 15) is 4.79 Å². The summed E-state index contributed by atoms with van der Waals surface area (Å²) in [5.74, 6) is 2.98. The Hall–Kier alpha value is -3.82. The standard InChI is InChI=1S/C23H27N7O3/c1-4-19(31)28-6-5-16(12-28)30-22-20(21(24)25-13-26-22)23(27-30)29-10-15(11-29)14-7-17(32-2)9-18(8-14)33-3/h4,7-9,13,15-16H,1,5-6,10-12H2,2-3H3,(H2,24,25,26)/t16-/m0/s1. The highest BCUT2D eigenvalue weighted by molar-refractivity contribution is 5.96. The molecule has 172 valence electrons. The number of likely N-dealkylation sites (tertiary alicyclic amines) is 1. The van der Waals surface area contributed by atoms with Crippen molar-refractivity contribution in [1.82, 2.24) is 24.6 Å². The van der Waals surface area contributed by atoms with Gasteiger partial charge in [0.1, 0.15) is 29.0 Å². The van der Waals surface area contributed by atoms with Crippen LogP contribution in [0.4, 0.5) is 11.6 Å². The SMILES string of the molecule is C=CC(=O)N1CC[C@H](n2nc(N3CC(c4cc(OC)cc(OC)c4)C3)c3c(N)ncnc32)C1. The Labute approximate surface area is 191 Å². The molecule has 33 heavy (non-hydrogen) atoms. The van der Waals surface area contributed by atoms with Crippen molar-refractivity contribution in [1.29, 1.82) is 0 Å². The van der Waals surface area contributed by atoms with Crippen LogP contribution in [0, 0.1) is 0 Å². The predicted molar refractivity (Wildman–Crippen MR) is 125 cm³/mol. The highest BCUT2D eigenvalue weighted by atomic mass is 16.5. The number of amides is 1. The third-order valence-electron chi connectivity index (χ3n) is 6.52. The van der Waals surface area contributed by atoms with Crippen molar-refractivity contribution in [3.63, 3.8) is 0 Å². The van der Waals surface area contributed by atoms with Gasteiger partial charge in [0.25, 0.3) is 0 Å². The second-order valence-electron chi connectivity index (χ2n) is 8.40. The van der Waals surface area contributed by atoms with Crippen LogP contribution in [0.25, 0.3) is 11.0 Å². The van der Waals surface area contributed by atoms with E-state index in [1.54, 1.807) is 19.1 Å². The molecule has 0 radical (unpaired) electrons. The van der Waals surface area contributed by atoms with Crippen LogP contribution in [-0.2, 0) is 4.79 Å². The molecule has 2 fully saturated rings. The number of fused-ring (bicyclic) bond motifs is 1. The maximum atomic E-state index is 12.0. The van der Waals surface area contributed by atoms with Crippen molar-refractivity contribution in [3.05, 3.63) is 42.7 Å². The molecular weight excluding hydrogens is 422 g/mol. The average Bonchev–Trinajstić information content (AvgIpc) is 3.43. The fourth-order valence-electron chi connectivity index (χ4n) is 4.65. The summed E-state index contributed by atoms with van der Waals surface area (Å²) in [6, 6.07) is 5.99. The minimum absolute atomic E-state index is 0.0270. The molecule has 0 saturated carbocycles. The summed E-state index contributed by atoms with van der Waals surface area (Å²) in [6.45, 7) is 6.38. The fourth-order valence-corrected chi connectivity index (χ4v) is 4.65. The van der Waals surface area contributed by atoms with E-state index < -0.39 is 0 Å². The lowest BCUT2D eigenvalue weighted by Gasteiger charge is -2.40. The van der Waals surface area contributed by atoms with Crippen LogP contribution < -0.4 is 20.1 Å². The number of hydrogen-bond acceptors (Lipinski definition) is 8. The fraction of sp³-hybridized carbons (Fsp3) is 0.391. The van der Waals surface area contributed by atoms with E-state index in [0.717, 1.165) is 47.8 Å². The van der Waals surface area contributed by atoms with Gasteiger partial charge in [0.15, 0.2) is 11.5 Å². The summed E-state index contributed by atoms with van der Waals surface area (Å²) < 4.78 is 12.7. The van der Waals surface area contributed by atoms with E-state index in [0.29, 0.717) is 30.5 Å². The molecule has 2 N–H and O–H groups in total. The maximum absolute atomic E-state index is 12.0. The number of rotatable bonds is 6. The highest BCUT2D eigenvalue weighted by Crippen LogP contribution is 2.39. The molecule has 0 unspecified atom stereocenters. The summed E-state index contributed by atoms with van der Waals surface area (Å²) in [7, 11) is 3.31. The summed E-state index contributed by atoms with van der Waals surface area (Å²) in [4.78, 5) is 24.7. The van der Waals surface area contributed by atoms with Crippen molar-refractivity contribution in [3.8, 4) is 11.5 Å². The summed E-state index contributed by atoms with van der Waals surface area (Å²) in [5.41, 5.74) is 8.12. The molecule has 1 aromatic carbocycles. The quantitative estimate of drug-likeness (QED) is 0.569. The smallest absolute Gasteiger partial charge is 0.246 e. The number of hydrogen-bond donors (Lipinski definition) is 1. The van der Waals surface area contributed by atoms with Gasteiger partial charge in [0.2, 0.25) is 5.91 Å². The molecular formula is C23H27N7O3. The Morgan fingerprint density at radius 2 is 1.88 bits per heavy atom. The molecule has 0 spiro atoms. The Morgan fingerprint density at radius 1 is 1.15 bits per heavy atom. The van der Waals surface area contributed by atoms with Gasteiger partial charge >= 0.3 is 0 Å². The second-order valence-corrected chi connectivity index (χ2v) is 8.40. The number of anilines is 2. The Morgan fingerprint density at radius 3 is 2.55 bits per heavy atom. The topological polar surface area (TPSA) is 112 Å². The highest BCUT2D eigenvalue weighted by Gasteiger charge is 2.35. The Balaban J connectivity index is 1.42. The zero-order valence-electron chi connectivity index (χ0n) is 18.8. The van der Waals surface area contributed by atoms with Crippen LogP contribution >= 0.6 is 0 Å². The van der Waals surface area contributed by atoms with Crippen LogP contribution in [0.3, 0.4) is 0 Å². The first-order chi connectivity index (χ1) is 16.0. The van der Waals surface area contributed by atoms with Gasteiger partial charge in [-0.3, -0.25) is 4.79 Å². The molecule has 2 aliphatic rings. The molecule has 0 aliphatic carbocycles. The van der Waals surface area contributed by atoms with Crippen LogP contribution in [0.15, 0.2) is 37.2 Å². The van der Waals surface area contributed by atoms with Gasteiger partial charge in [-0.1, -0.05) is 6.58 Å². The first-order valence-corrected chi connectivity index (χ1v) is 10.9. The van der Waals surface area contributed by atoms with Gasteiger partial charge in [-0.15, -0.1) is 0 Å². The zero-order chi connectivity index (χ0) is 23.1. The van der Waals surface area contributed by atoms with Crippen molar-refractivity contribution in [2.45, 2.75) is 18.4 Å². The zero-order valence-corrected chi connectivity index (χ0v) is 18.8. The number of nitrogens with zero attached hydrogens (tertiary/aromatic N) is 6. The molecule has 1 amide bonds. The minimum atomic E-state index is -0.0670. The van der Waals surface area contributed by atoms with E-state index in [2.05, 4.69) is 21.4 Å². The maximum Gasteiger partial charge on any atom is 0.246 e. The average molecular weight is 450 g/mol. The molecule has 3 aromatic rings. The first kappa shape index (κ1) is 21.0. The van der Waals surface area contributed by atoms with Crippen LogP contribution in [0.5, 0.6) is 11.5 Å². The van der Waals surface area contributed by atoms with Crippen molar-refractivity contribution in [2.24, 2.45) is 0 Å². The van der Waals surface area contributed by atoms with E-state index in [1.165, 1.54) is 12.4 Å². The van der Waals surface area contributed by atoms with E-state index in [-0.39, 0.29) is 11.9 Å². The number of benzene rings is 1. The molecule has 10 nitrogen and oxygen atoms in total. The molecule has 5 rings (SSSR count). The molecule has 2 saturated heterocycles. The number of nitrogens with two attached hydrogens (primary N) is 1. The number of methoxy groups -OCH3 is 2. The van der Waals surface area contributed by atoms with Gasteiger partial charge in [-0.25, -0.2) is 14.6 Å². The van der Waals surface area contributed by atoms with Gasteiger partial charge in [-0.2, -0.15) is 5.10 Å². The van der Waals surface area contributed by atoms with Crippen molar-refractivity contribution >= 4 is 28.6 Å². The number of carbonyl (C=O) groups excluding carboxylic acids is 1. The number of ether oxygens (including phenoxy) is 2. The van der Waals surface area contributed by atoms with Gasteiger partial charge in [0, 0.05) is 38.2 Å². The lowest BCUT2D eigenvalue weighted by molar-refractivity contribution is -0.125. The van der Waals surface area contributed by atoms with Crippen LogP contribution in [-0.4, -0.2) is 71.0 Å².